The largest absolute Gasteiger partial charge is 0.343 e. The van der Waals surface area contributed by atoms with E-state index in [0.29, 0.717) is 16.3 Å². The van der Waals surface area contributed by atoms with Gasteiger partial charge in [-0.1, -0.05) is 29.3 Å². The molecule has 0 radical (unpaired) electrons. The summed E-state index contributed by atoms with van der Waals surface area (Å²) in [6.07, 6.45) is 0. The number of rotatable bonds is 6. The molecule has 7 nitrogen and oxygen atoms in total. The smallest absolute Gasteiger partial charge is 0.253 e. The Hall–Kier alpha value is -2.13. The summed E-state index contributed by atoms with van der Waals surface area (Å²) in [6, 6.07) is 8.88. The molecule has 0 aromatic heterocycles. The molecule has 0 fully saturated rings. The van der Waals surface area contributed by atoms with Crippen LogP contribution in [0.4, 0.5) is 5.69 Å². The van der Waals surface area contributed by atoms with E-state index < -0.39 is 21.8 Å². The summed E-state index contributed by atoms with van der Waals surface area (Å²) in [5.74, 6) is -1.13. The van der Waals surface area contributed by atoms with E-state index >= 15 is 0 Å². The summed E-state index contributed by atoms with van der Waals surface area (Å²) in [5.41, 5.74) is 1.19. The molecule has 150 valence electrons. The fourth-order valence-electron chi connectivity index (χ4n) is 2.24. The number of hydrogen-bond acceptors (Lipinski definition) is 4. The monoisotopic (exact) mass is 443 g/mol. The lowest BCUT2D eigenvalue weighted by molar-refractivity contribution is -0.115. The number of carbonyl (C=O) groups excluding carboxylic acids is 2. The highest BCUT2D eigenvalue weighted by Gasteiger charge is 2.21. The minimum absolute atomic E-state index is 0.0451. The Morgan fingerprint density at radius 1 is 1.07 bits per heavy atom. The van der Waals surface area contributed by atoms with Crippen LogP contribution in [0, 0.1) is 6.92 Å². The first kappa shape index (κ1) is 22.2. The van der Waals surface area contributed by atoms with Crippen molar-refractivity contribution >= 4 is 50.7 Å². The van der Waals surface area contributed by atoms with Crippen LogP contribution in [0.3, 0.4) is 0 Å². The Balaban J connectivity index is 2.11. The van der Waals surface area contributed by atoms with E-state index in [-0.39, 0.29) is 22.0 Å². The molecule has 2 N–H and O–H groups in total. The number of nitrogens with zero attached hydrogens (tertiary/aromatic N) is 1. The lowest BCUT2D eigenvalue weighted by Gasteiger charge is -2.13. The molecule has 10 heteroatoms. The number of halogens is 2. The van der Waals surface area contributed by atoms with Crippen LogP contribution in [0.2, 0.25) is 10.0 Å². The zero-order valence-corrected chi connectivity index (χ0v) is 17.7. The van der Waals surface area contributed by atoms with Crippen molar-refractivity contribution in [3.8, 4) is 0 Å². The van der Waals surface area contributed by atoms with Crippen molar-refractivity contribution in [1.82, 2.24) is 9.62 Å². The number of anilines is 1. The molecule has 0 spiro atoms. The minimum atomic E-state index is -3.73. The predicted octanol–water partition coefficient (Wildman–Crippen LogP) is 2.92. The SMILES string of the molecule is Cc1c(Cl)cccc1NC(=O)CNC(=O)c1cc(S(=O)(=O)N(C)C)ccc1Cl. The summed E-state index contributed by atoms with van der Waals surface area (Å²) in [5, 5.41) is 5.65. The Bertz CT molecular complexity index is 1020. The van der Waals surface area contributed by atoms with Crippen LogP contribution in [-0.2, 0) is 14.8 Å². The van der Waals surface area contributed by atoms with Gasteiger partial charge < -0.3 is 10.6 Å². The Kier molecular flexibility index (Phi) is 7.06. The first-order chi connectivity index (χ1) is 13.0. The van der Waals surface area contributed by atoms with Crippen molar-refractivity contribution in [2.24, 2.45) is 0 Å². The zero-order valence-electron chi connectivity index (χ0n) is 15.4. The van der Waals surface area contributed by atoms with E-state index in [2.05, 4.69) is 10.6 Å². The number of sulfonamides is 1. The normalized spacial score (nSPS) is 11.4. The van der Waals surface area contributed by atoms with Crippen LogP contribution in [0.25, 0.3) is 0 Å². The molecule has 28 heavy (non-hydrogen) atoms. The molecule has 0 heterocycles. The molecule has 0 atom stereocenters. The van der Waals surface area contributed by atoms with Crippen molar-refractivity contribution in [2.75, 3.05) is 26.0 Å². The van der Waals surface area contributed by atoms with Crippen LogP contribution < -0.4 is 10.6 Å². The van der Waals surface area contributed by atoms with Gasteiger partial charge in [0, 0.05) is 24.8 Å². The van der Waals surface area contributed by atoms with Gasteiger partial charge >= 0.3 is 0 Å². The summed E-state index contributed by atoms with van der Waals surface area (Å²) >= 11 is 12.0. The van der Waals surface area contributed by atoms with Gasteiger partial charge in [0.05, 0.1) is 22.0 Å². The highest BCUT2D eigenvalue weighted by Crippen LogP contribution is 2.23. The molecular formula is C18H19Cl2N3O4S. The average Bonchev–Trinajstić information content (AvgIpc) is 2.63. The summed E-state index contributed by atoms with van der Waals surface area (Å²) in [4.78, 5) is 24.4. The number of carbonyl (C=O) groups is 2. The second-order valence-corrected chi connectivity index (χ2v) is 9.04. The van der Waals surface area contributed by atoms with Crippen LogP contribution >= 0.6 is 23.2 Å². The van der Waals surface area contributed by atoms with Crippen LogP contribution in [-0.4, -0.2) is 45.2 Å². The van der Waals surface area contributed by atoms with Gasteiger partial charge in [-0.25, -0.2) is 12.7 Å². The number of benzene rings is 2. The van der Waals surface area contributed by atoms with Crippen LogP contribution in [0.5, 0.6) is 0 Å². The van der Waals surface area contributed by atoms with Crippen molar-refractivity contribution < 1.29 is 18.0 Å². The predicted molar refractivity (Wildman–Crippen MR) is 109 cm³/mol. The van der Waals surface area contributed by atoms with E-state index in [4.69, 9.17) is 23.2 Å². The molecule has 2 amide bonds. The molecule has 2 aromatic rings. The Morgan fingerprint density at radius 3 is 2.39 bits per heavy atom. The van der Waals surface area contributed by atoms with Gasteiger partial charge in [0.25, 0.3) is 5.91 Å². The Labute approximate surface area is 173 Å². The van der Waals surface area contributed by atoms with Gasteiger partial charge in [-0.2, -0.15) is 0 Å². The molecule has 0 saturated carbocycles. The Morgan fingerprint density at radius 2 is 1.75 bits per heavy atom. The fourth-order valence-corrected chi connectivity index (χ4v) is 3.55. The van der Waals surface area contributed by atoms with Crippen molar-refractivity contribution in [1.29, 1.82) is 0 Å². The second-order valence-electron chi connectivity index (χ2n) is 6.07. The summed E-state index contributed by atoms with van der Waals surface area (Å²) < 4.78 is 25.5. The molecule has 0 aliphatic carbocycles. The third kappa shape index (κ3) is 5.02. The molecule has 0 aliphatic rings. The van der Waals surface area contributed by atoms with E-state index in [0.717, 1.165) is 4.31 Å². The third-order valence-corrected chi connectivity index (χ3v) is 6.46. The standard InChI is InChI=1S/C18H19Cl2N3O4S/c1-11-14(19)5-4-6-16(11)22-17(24)10-21-18(25)13-9-12(7-8-15(13)20)28(26,27)23(2)3/h4-9H,10H2,1-3H3,(H,21,25)(H,22,24). The molecule has 2 rings (SSSR count). The van der Waals surface area contributed by atoms with Gasteiger partial charge in [0.15, 0.2) is 0 Å². The topological polar surface area (TPSA) is 95.6 Å². The van der Waals surface area contributed by atoms with Crippen molar-refractivity contribution in [3.63, 3.8) is 0 Å². The maximum Gasteiger partial charge on any atom is 0.253 e. The minimum Gasteiger partial charge on any atom is -0.343 e. The quantitative estimate of drug-likeness (QED) is 0.716. The van der Waals surface area contributed by atoms with Gasteiger partial charge in [0.2, 0.25) is 15.9 Å². The molecule has 0 saturated heterocycles. The summed E-state index contributed by atoms with van der Waals surface area (Å²) in [7, 11) is -0.966. The van der Waals surface area contributed by atoms with Gasteiger partial charge in [-0.05, 0) is 42.8 Å². The highest BCUT2D eigenvalue weighted by molar-refractivity contribution is 7.89. The van der Waals surface area contributed by atoms with Gasteiger partial charge in [0.1, 0.15) is 0 Å². The van der Waals surface area contributed by atoms with E-state index in [1.54, 1.807) is 25.1 Å². The molecule has 2 aromatic carbocycles. The second kappa shape index (κ2) is 8.91. The molecular weight excluding hydrogens is 425 g/mol. The maximum atomic E-state index is 12.4. The first-order valence-corrected chi connectivity index (χ1v) is 10.3. The average molecular weight is 444 g/mol. The number of hydrogen-bond donors (Lipinski definition) is 2. The van der Waals surface area contributed by atoms with Crippen molar-refractivity contribution in [2.45, 2.75) is 11.8 Å². The number of amides is 2. The molecule has 0 unspecified atom stereocenters. The van der Waals surface area contributed by atoms with E-state index in [1.807, 2.05) is 0 Å². The first-order valence-electron chi connectivity index (χ1n) is 8.09. The van der Waals surface area contributed by atoms with E-state index in [1.165, 1.54) is 32.3 Å². The van der Waals surface area contributed by atoms with Crippen molar-refractivity contribution in [3.05, 3.63) is 57.6 Å². The summed E-state index contributed by atoms with van der Waals surface area (Å²) in [6.45, 7) is 1.43. The van der Waals surface area contributed by atoms with Gasteiger partial charge in [-0.15, -0.1) is 0 Å². The zero-order chi connectivity index (χ0) is 21.1. The maximum absolute atomic E-state index is 12.4. The lowest BCUT2D eigenvalue weighted by Crippen LogP contribution is -2.33. The number of nitrogens with one attached hydrogen (secondary N) is 2. The molecule has 0 aliphatic heterocycles. The molecule has 0 bridgehead atoms. The highest BCUT2D eigenvalue weighted by atomic mass is 35.5. The van der Waals surface area contributed by atoms with Crippen LogP contribution in [0.15, 0.2) is 41.3 Å². The van der Waals surface area contributed by atoms with Gasteiger partial charge in [-0.3, -0.25) is 9.59 Å². The fraction of sp³-hybridized carbons (Fsp3) is 0.222. The third-order valence-electron chi connectivity index (χ3n) is 3.91. The lowest BCUT2D eigenvalue weighted by atomic mass is 10.2. The van der Waals surface area contributed by atoms with Crippen LogP contribution in [0.1, 0.15) is 15.9 Å². The van der Waals surface area contributed by atoms with E-state index in [9.17, 15) is 18.0 Å².